The van der Waals surface area contributed by atoms with Crippen molar-refractivity contribution in [3.63, 3.8) is 0 Å². The Labute approximate surface area is 146 Å². The van der Waals surface area contributed by atoms with E-state index in [0.717, 1.165) is 16.5 Å². The third-order valence-electron chi connectivity index (χ3n) is 3.37. The number of ether oxygens (including phenoxy) is 1. The SMILES string of the molecule is CN(C(=O)OCc1ccccc1)C(C(=O)O)c1ccc(Br)c(F)c1. The van der Waals surface area contributed by atoms with Crippen molar-refractivity contribution in [1.82, 2.24) is 4.90 Å². The first-order valence-corrected chi connectivity index (χ1v) is 7.80. The van der Waals surface area contributed by atoms with Gasteiger partial charge in [-0.3, -0.25) is 4.90 Å². The van der Waals surface area contributed by atoms with Crippen LogP contribution in [0.4, 0.5) is 9.18 Å². The second kappa shape index (κ2) is 7.92. The number of aliphatic carboxylic acids is 1. The third-order valence-corrected chi connectivity index (χ3v) is 4.02. The van der Waals surface area contributed by atoms with Gasteiger partial charge in [-0.1, -0.05) is 36.4 Å². The Hall–Kier alpha value is -2.41. The highest BCUT2D eigenvalue weighted by atomic mass is 79.9. The molecule has 0 heterocycles. The molecular formula is C17H15BrFNO4. The number of rotatable bonds is 5. The molecule has 1 unspecified atom stereocenters. The predicted octanol–water partition coefficient (Wildman–Crippen LogP) is 3.98. The lowest BCUT2D eigenvalue weighted by molar-refractivity contribution is -0.142. The average Bonchev–Trinajstić information content (AvgIpc) is 2.56. The Balaban J connectivity index is 2.13. The molecule has 0 radical (unpaired) electrons. The third kappa shape index (κ3) is 4.32. The molecule has 1 amide bonds. The minimum atomic E-state index is -1.35. The Bertz CT molecular complexity index is 739. The number of benzene rings is 2. The van der Waals surface area contributed by atoms with Crippen LogP contribution in [0, 0.1) is 5.82 Å². The molecular weight excluding hydrogens is 381 g/mol. The van der Waals surface area contributed by atoms with Crippen LogP contribution in [-0.2, 0) is 16.1 Å². The Morgan fingerprint density at radius 1 is 1.25 bits per heavy atom. The molecule has 0 saturated carbocycles. The maximum Gasteiger partial charge on any atom is 0.410 e. The lowest BCUT2D eigenvalue weighted by Crippen LogP contribution is -2.36. The summed E-state index contributed by atoms with van der Waals surface area (Å²) in [5.74, 6) is -1.89. The Morgan fingerprint density at radius 2 is 1.92 bits per heavy atom. The van der Waals surface area contributed by atoms with Gasteiger partial charge in [0.05, 0.1) is 4.47 Å². The summed E-state index contributed by atoms with van der Waals surface area (Å²) in [7, 11) is 1.30. The van der Waals surface area contributed by atoms with Crippen molar-refractivity contribution in [2.45, 2.75) is 12.6 Å². The molecule has 0 aliphatic rings. The highest BCUT2D eigenvalue weighted by Gasteiger charge is 2.30. The van der Waals surface area contributed by atoms with E-state index >= 15 is 0 Å². The molecule has 7 heteroatoms. The van der Waals surface area contributed by atoms with E-state index in [1.807, 2.05) is 6.07 Å². The van der Waals surface area contributed by atoms with Gasteiger partial charge >= 0.3 is 12.1 Å². The quantitative estimate of drug-likeness (QED) is 0.830. The van der Waals surface area contributed by atoms with Gasteiger partial charge in [0.25, 0.3) is 0 Å². The first-order valence-electron chi connectivity index (χ1n) is 7.01. The monoisotopic (exact) mass is 395 g/mol. The van der Waals surface area contributed by atoms with E-state index in [2.05, 4.69) is 15.9 Å². The van der Waals surface area contributed by atoms with Gasteiger partial charge in [0.2, 0.25) is 0 Å². The van der Waals surface area contributed by atoms with E-state index in [9.17, 15) is 19.1 Å². The van der Waals surface area contributed by atoms with Crippen LogP contribution < -0.4 is 0 Å². The largest absolute Gasteiger partial charge is 0.479 e. The fourth-order valence-electron chi connectivity index (χ4n) is 2.14. The van der Waals surface area contributed by atoms with Crippen molar-refractivity contribution in [2.24, 2.45) is 0 Å². The van der Waals surface area contributed by atoms with Gasteiger partial charge in [-0.15, -0.1) is 0 Å². The maximum atomic E-state index is 13.7. The molecule has 2 rings (SSSR count). The molecule has 0 aliphatic heterocycles. The first kappa shape index (κ1) is 17.9. The number of hydrogen-bond donors (Lipinski definition) is 1. The van der Waals surface area contributed by atoms with Gasteiger partial charge < -0.3 is 9.84 Å². The number of carboxylic acids is 1. The first-order chi connectivity index (χ1) is 11.4. The molecule has 126 valence electrons. The smallest absolute Gasteiger partial charge is 0.410 e. The lowest BCUT2D eigenvalue weighted by Gasteiger charge is -2.24. The summed E-state index contributed by atoms with van der Waals surface area (Å²) < 4.78 is 19.0. The molecule has 0 fully saturated rings. The zero-order valence-electron chi connectivity index (χ0n) is 12.8. The summed E-state index contributed by atoms with van der Waals surface area (Å²) in [6.07, 6.45) is -0.811. The standard InChI is InChI=1S/C17H15BrFNO4/c1-20(17(23)24-10-11-5-3-2-4-6-11)15(16(21)22)12-7-8-13(18)14(19)9-12/h2-9,15H,10H2,1H3,(H,21,22). The van der Waals surface area contributed by atoms with E-state index in [1.165, 1.54) is 19.2 Å². The van der Waals surface area contributed by atoms with Crippen molar-refractivity contribution in [3.05, 3.63) is 69.9 Å². The molecule has 2 aromatic carbocycles. The highest BCUT2D eigenvalue weighted by molar-refractivity contribution is 9.10. The summed E-state index contributed by atoms with van der Waals surface area (Å²) in [4.78, 5) is 24.6. The van der Waals surface area contributed by atoms with Crippen LogP contribution in [0.5, 0.6) is 0 Å². The molecule has 0 saturated heterocycles. The fraction of sp³-hybridized carbons (Fsp3) is 0.176. The second-order valence-electron chi connectivity index (χ2n) is 5.07. The van der Waals surface area contributed by atoms with E-state index in [4.69, 9.17) is 4.74 Å². The normalized spacial score (nSPS) is 11.6. The van der Waals surface area contributed by atoms with Crippen LogP contribution in [0.2, 0.25) is 0 Å². The van der Waals surface area contributed by atoms with Crippen molar-refractivity contribution < 1.29 is 23.8 Å². The van der Waals surface area contributed by atoms with Crippen molar-refractivity contribution in [2.75, 3.05) is 7.05 Å². The van der Waals surface area contributed by atoms with Gasteiger partial charge in [0, 0.05) is 7.05 Å². The number of carbonyl (C=O) groups is 2. The number of hydrogen-bond acceptors (Lipinski definition) is 3. The summed E-state index contributed by atoms with van der Waals surface area (Å²) >= 11 is 3.00. The summed E-state index contributed by atoms with van der Waals surface area (Å²) in [5.41, 5.74) is 0.920. The second-order valence-corrected chi connectivity index (χ2v) is 5.92. The van der Waals surface area contributed by atoms with Crippen LogP contribution in [0.15, 0.2) is 53.0 Å². The molecule has 0 aromatic heterocycles. The molecule has 0 bridgehead atoms. The zero-order chi connectivity index (χ0) is 17.7. The predicted molar refractivity (Wildman–Crippen MR) is 88.9 cm³/mol. The van der Waals surface area contributed by atoms with Crippen molar-refractivity contribution in [3.8, 4) is 0 Å². The van der Waals surface area contributed by atoms with Crippen LogP contribution in [0.1, 0.15) is 17.2 Å². The highest BCUT2D eigenvalue weighted by Crippen LogP contribution is 2.25. The van der Waals surface area contributed by atoms with Gasteiger partial charge in [0.15, 0.2) is 6.04 Å². The fourth-order valence-corrected chi connectivity index (χ4v) is 2.39. The topological polar surface area (TPSA) is 66.8 Å². The summed E-state index contributed by atoms with van der Waals surface area (Å²) in [5, 5.41) is 9.41. The van der Waals surface area contributed by atoms with E-state index in [1.54, 1.807) is 24.3 Å². The summed E-state index contributed by atoms with van der Waals surface area (Å²) in [6, 6.07) is 11.6. The van der Waals surface area contributed by atoms with Gasteiger partial charge in [0.1, 0.15) is 12.4 Å². The average molecular weight is 396 g/mol. The molecule has 0 aliphatic carbocycles. The Kier molecular flexibility index (Phi) is 5.92. The summed E-state index contributed by atoms with van der Waals surface area (Å²) in [6.45, 7) is 0.0189. The number of halogens is 2. The van der Waals surface area contributed by atoms with Crippen LogP contribution in [-0.4, -0.2) is 29.1 Å². The number of nitrogens with zero attached hydrogens (tertiary/aromatic N) is 1. The number of carbonyl (C=O) groups excluding carboxylic acids is 1. The van der Waals surface area contributed by atoms with E-state index < -0.39 is 23.9 Å². The van der Waals surface area contributed by atoms with Gasteiger partial charge in [-0.05, 0) is 39.2 Å². The molecule has 1 N–H and O–H groups in total. The van der Waals surface area contributed by atoms with E-state index in [-0.39, 0.29) is 16.6 Å². The van der Waals surface area contributed by atoms with Crippen molar-refractivity contribution >= 4 is 28.0 Å². The minimum absolute atomic E-state index is 0.0189. The van der Waals surface area contributed by atoms with Crippen LogP contribution in [0.25, 0.3) is 0 Å². The lowest BCUT2D eigenvalue weighted by atomic mass is 10.1. The van der Waals surface area contributed by atoms with E-state index in [0.29, 0.717) is 0 Å². The van der Waals surface area contributed by atoms with Gasteiger partial charge in [-0.25, -0.2) is 14.0 Å². The van der Waals surface area contributed by atoms with Crippen LogP contribution >= 0.6 is 15.9 Å². The number of likely N-dealkylation sites (N-methyl/N-ethyl adjacent to an activating group) is 1. The molecule has 0 spiro atoms. The number of carboxylic acid groups (broad SMARTS) is 1. The Morgan fingerprint density at radius 3 is 2.50 bits per heavy atom. The minimum Gasteiger partial charge on any atom is -0.479 e. The molecule has 24 heavy (non-hydrogen) atoms. The molecule has 5 nitrogen and oxygen atoms in total. The number of amides is 1. The molecule has 1 atom stereocenters. The molecule has 2 aromatic rings. The van der Waals surface area contributed by atoms with Gasteiger partial charge in [-0.2, -0.15) is 0 Å². The van der Waals surface area contributed by atoms with Crippen molar-refractivity contribution in [1.29, 1.82) is 0 Å². The maximum absolute atomic E-state index is 13.7. The zero-order valence-corrected chi connectivity index (χ0v) is 14.4. The van der Waals surface area contributed by atoms with Crippen LogP contribution in [0.3, 0.4) is 0 Å².